The molecule has 0 N–H and O–H groups in total. The molecule has 2 heterocycles. The Hall–Kier alpha value is -2.93. The largest absolute Gasteiger partial charge is 0.454 e. The van der Waals surface area contributed by atoms with Gasteiger partial charge in [0.2, 0.25) is 18.6 Å². The number of fused-ring (bicyclic) bond motifs is 1. The summed E-state index contributed by atoms with van der Waals surface area (Å²) in [5.74, 6) is 0.459. The maximum Gasteiger partial charge on any atom is 0.242 e. The van der Waals surface area contributed by atoms with Gasteiger partial charge in [-0.05, 0) is 36.5 Å². The second-order valence-corrected chi connectivity index (χ2v) is 5.66. The van der Waals surface area contributed by atoms with Gasteiger partial charge in [0.1, 0.15) is 6.42 Å². The van der Waals surface area contributed by atoms with Gasteiger partial charge in [0.25, 0.3) is 0 Å². The van der Waals surface area contributed by atoms with Crippen LogP contribution in [-0.2, 0) is 9.59 Å². The molecule has 1 fully saturated rings. The lowest BCUT2D eigenvalue weighted by Crippen LogP contribution is -2.55. The lowest BCUT2D eigenvalue weighted by atomic mass is 10.2. The second kappa shape index (κ2) is 5.61. The van der Waals surface area contributed by atoms with Gasteiger partial charge >= 0.3 is 0 Å². The molecule has 0 atom stereocenters. The summed E-state index contributed by atoms with van der Waals surface area (Å²) in [7, 11) is 0. The molecule has 24 heavy (non-hydrogen) atoms. The van der Waals surface area contributed by atoms with Crippen molar-refractivity contribution in [2.45, 2.75) is 6.42 Å². The Bertz CT molecular complexity index is 853. The lowest BCUT2D eigenvalue weighted by Gasteiger charge is -2.35. The van der Waals surface area contributed by atoms with Crippen molar-refractivity contribution < 1.29 is 19.1 Å². The van der Waals surface area contributed by atoms with Crippen LogP contribution in [0.1, 0.15) is 6.42 Å². The number of benzene rings is 2. The minimum Gasteiger partial charge on any atom is -0.454 e. The summed E-state index contributed by atoms with van der Waals surface area (Å²) in [6, 6.07) is 14.1. The van der Waals surface area contributed by atoms with E-state index >= 15 is 0 Å². The molecule has 6 nitrogen and oxygen atoms in total. The smallest absolute Gasteiger partial charge is 0.242 e. The van der Waals surface area contributed by atoms with Crippen molar-refractivity contribution in [1.29, 1.82) is 0 Å². The predicted octanol–water partition coefficient (Wildman–Crippen LogP) is 2.47. The number of para-hydroxylation sites is 1. The van der Waals surface area contributed by atoms with Gasteiger partial charge in [-0.1, -0.05) is 18.2 Å². The zero-order valence-electron chi connectivity index (χ0n) is 12.5. The van der Waals surface area contributed by atoms with Gasteiger partial charge < -0.3 is 9.47 Å². The summed E-state index contributed by atoms with van der Waals surface area (Å²) in [6.07, 6.45) is -0.247. The predicted molar refractivity (Wildman–Crippen MR) is 91.2 cm³/mol. The van der Waals surface area contributed by atoms with Gasteiger partial charge in [-0.2, -0.15) is 0 Å². The molecule has 0 aromatic heterocycles. The molecule has 0 radical (unpaired) electrons. The Morgan fingerprint density at radius 1 is 0.833 bits per heavy atom. The molecule has 0 spiro atoms. The average molecular weight is 340 g/mol. The van der Waals surface area contributed by atoms with E-state index in [2.05, 4.69) is 0 Å². The fourth-order valence-electron chi connectivity index (χ4n) is 2.71. The Labute approximate surface area is 143 Å². The van der Waals surface area contributed by atoms with E-state index in [0.717, 1.165) is 0 Å². The average Bonchev–Trinajstić information content (AvgIpc) is 3.03. The van der Waals surface area contributed by atoms with Crippen molar-refractivity contribution in [3.8, 4) is 11.5 Å². The van der Waals surface area contributed by atoms with Crippen LogP contribution < -0.4 is 19.3 Å². The van der Waals surface area contributed by atoms with Crippen LogP contribution in [0.5, 0.6) is 11.5 Å². The Morgan fingerprint density at radius 2 is 1.50 bits per heavy atom. The number of anilines is 2. The third-order valence-corrected chi connectivity index (χ3v) is 4.18. The van der Waals surface area contributed by atoms with Crippen LogP contribution in [0.3, 0.4) is 0 Å². The number of carbonyl (C=O) groups is 2. The first-order chi connectivity index (χ1) is 11.6. The molecule has 2 aromatic carbocycles. The van der Waals surface area contributed by atoms with Crippen LogP contribution in [0.2, 0.25) is 0 Å². The van der Waals surface area contributed by atoms with Crippen LogP contribution in [0.4, 0.5) is 11.4 Å². The first-order valence-electron chi connectivity index (χ1n) is 7.30. The highest BCUT2D eigenvalue weighted by Gasteiger charge is 2.37. The lowest BCUT2D eigenvalue weighted by molar-refractivity contribution is -0.126. The topological polar surface area (TPSA) is 59.1 Å². The van der Waals surface area contributed by atoms with Crippen molar-refractivity contribution in [3.05, 3.63) is 48.5 Å². The third kappa shape index (κ3) is 2.30. The third-order valence-electron chi connectivity index (χ3n) is 3.81. The molecule has 1 saturated heterocycles. The van der Waals surface area contributed by atoms with Crippen molar-refractivity contribution in [1.82, 2.24) is 0 Å². The fraction of sp³-hybridized carbons (Fsp3) is 0.118. The zero-order chi connectivity index (χ0) is 16.7. The van der Waals surface area contributed by atoms with E-state index in [1.54, 1.807) is 30.3 Å². The molecule has 7 heteroatoms. The number of rotatable bonds is 2. The molecule has 0 aliphatic carbocycles. The number of carbonyl (C=O) groups excluding carboxylic acids is 2. The Kier molecular flexibility index (Phi) is 3.42. The van der Waals surface area contributed by atoms with E-state index in [0.29, 0.717) is 22.9 Å². The number of amides is 2. The van der Waals surface area contributed by atoms with Gasteiger partial charge in [0, 0.05) is 6.07 Å². The second-order valence-electron chi connectivity index (χ2n) is 5.29. The minimum absolute atomic E-state index is 0.126. The normalized spacial score (nSPS) is 16.8. The molecule has 2 aliphatic rings. The standard InChI is InChI=1S/C17H12N2O4S/c20-15-9-16(21)19(12-6-7-13-14(8-12)23-10-22-13)17(24)18(15)11-4-2-1-3-5-11/h1-8H,9-10H2. The highest BCUT2D eigenvalue weighted by Crippen LogP contribution is 2.37. The van der Waals surface area contributed by atoms with Crippen LogP contribution in [0.15, 0.2) is 48.5 Å². The van der Waals surface area contributed by atoms with Gasteiger partial charge in [0.15, 0.2) is 16.6 Å². The van der Waals surface area contributed by atoms with E-state index in [-0.39, 0.29) is 30.1 Å². The molecule has 2 amide bonds. The van der Waals surface area contributed by atoms with Crippen LogP contribution in [0, 0.1) is 0 Å². The van der Waals surface area contributed by atoms with Crippen LogP contribution in [0.25, 0.3) is 0 Å². The molecular formula is C17H12N2O4S. The quantitative estimate of drug-likeness (QED) is 0.621. The van der Waals surface area contributed by atoms with Crippen molar-refractivity contribution in [2.75, 3.05) is 16.6 Å². The van der Waals surface area contributed by atoms with Crippen LogP contribution in [-0.4, -0.2) is 23.7 Å². The summed E-state index contributed by atoms with van der Waals surface area (Å²) < 4.78 is 10.6. The Morgan fingerprint density at radius 3 is 2.25 bits per heavy atom. The van der Waals surface area contributed by atoms with E-state index in [1.807, 2.05) is 18.2 Å². The molecule has 120 valence electrons. The highest BCUT2D eigenvalue weighted by atomic mass is 32.1. The summed E-state index contributed by atoms with van der Waals surface area (Å²) >= 11 is 5.43. The van der Waals surface area contributed by atoms with Gasteiger partial charge in [-0.25, -0.2) is 0 Å². The number of thiocarbonyl (C=S) groups is 1. The summed E-state index contributed by atoms with van der Waals surface area (Å²) in [6.45, 7) is 0.145. The zero-order valence-corrected chi connectivity index (χ0v) is 13.3. The van der Waals surface area contributed by atoms with Gasteiger partial charge in [-0.3, -0.25) is 19.4 Å². The SMILES string of the molecule is O=C1CC(=O)N(c2ccc3c(c2)OCO3)C(=S)N1c1ccccc1. The molecule has 0 saturated carbocycles. The van der Waals surface area contributed by atoms with E-state index in [9.17, 15) is 9.59 Å². The summed E-state index contributed by atoms with van der Waals surface area (Å²) in [4.78, 5) is 27.5. The molecule has 2 aromatic rings. The molecule has 0 bridgehead atoms. The van der Waals surface area contributed by atoms with E-state index in [1.165, 1.54) is 9.80 Å². The first kappa shape index (κ1) is 14.6. The highest BCUT2D eigenvalue weighted by molar-refractivity contribution is 7.81. The summed E-state index contributed by atoms with van der Waals surface area (Å²) in [5, 5.41) is 0.126. The number of nitrogens with zero attached hydrogens (tertiary/aromatic N) is 2. The van der Waals surface area contributed by atoms with Crippen molar-refractivity contribution in [3.63, 3.8) is 0 Å². The first-order valence-corrected chi connectivity index (χ1v) is 7.70. The van der Waals surface area contributed by atoms with Crippen molar-refractivity contribution >= 4 is 40.5 Å². The Balaban J connectivity index is 1.73. The molecule has 4 rings (SSSR count). The minimum atomic E-state index is -0.365. The van der Waals surface area contributed by atoms with Crippen molar-refractivity contribution in [2.24, 2.45) is 0 Å². The van der Waals surface area contributed by atoms with E-state index < -0.39 is 0 Å². The number of hydrogen-bond donors (Lipinski definition) is 0. The molecule has 0 unspecified atom stereocenters. The fourth-order valence-corrected chi connectivity index (χ4v) is 3.13. The number of ether oxygens (including phenoxy) is 2. The maximum atomic E-state index is 12.4. The summed E-state index contributed by atoms with van der Waals surface area (Å²) in [5.41, 5.74) is 1.17. The van der Waals surface area contributed by atoms with Gasteiger partial charge in [0.05, 0.1) is 11.4 Å². The van der Waals surface area contributed by atoms with Crippen LogP contribution >= 0.6 is 12.2 Å². The van der Waals surface area contributed by atoms with E-state index in [4.69, 9.17) is 21.7 Å². The monoisotopic (exact) mass is 340 g/mol. The molecular weight excluding hydrogens is 328 g/mol. The van der Waals surface area contributed by atoms with Gasteiger partial charge in [-0.15, -0.1) is 0 Å². The maximum absolute atomic E-state index is 12.4. The molecule has 2 aliphatic heterocycles. The number of hydrogen-bond acceptors (Lipinski definition) is 5.